The second kappa shape index (κ2) is 12.5. The number of anilines is 1. The molecule has 0 saturated heterocycles. The lowest BCUT2D eigenvalue weighted by Gasteiger charge is -2.11. The molecule has 0 aliphatic carbocycles. The number of phenols is 1. The number of hydrogen-bond donors (Lipinski definition) is 5. The number of nitrogens with zero attached hydrogens (tertiary/aromatic N) is 4. The molecule has 5 N–H and O–H groups in total. The average Bonchev–Trinajstić information content (AvgIpc) is 3.01. The smallest absolute Gasteiger partial charge is 0.296 e. The molecule has 250 valence electrons. The Hall–Kier alpha value is -5.05. The summed E-state index contributed by atoms with van der Waals surface area (Å²) >= 11 is 0. The lowest BCUT2D eigenvalue weighted by atomic mass is 10.1. The second-order valence-electron chi connectivity index (χ2n) is 10.2. The van der Waals surface area contributed by atoms with E-state index in [4.69, 9.17) is 4.74 Å². The summed E-state index contributed by atoms with van der Waals surface area (Å²) in [5.74, 6) is -0.499. The maximum Gasteiger partial charge on any atom is 0.296 e. The second-order valence-corrected chi connectivity index (χ2v) is 14.4. The van der Waals surface area contributed by atoms with Gasteiger partial charge in [0.05, 0.1) is 18.5 Å². The molecule has 48 heavy (non-hydrogen) atoms. The number of ether oxygens (including phenoxy) is 1. The zero-order valence-electron chi connectivity index (χ0n) is 25.0. The Bertz CT molecular complexity index is 2540. The topological polar surface area (TPSA) is 254 Å². The van der Waals surface area contributed by atoms with Gasteiger partial charge in [-0.2, -0.15) is 35.5 Å². The summed E-state index contributed by atoms with van der Waals surface area (Å²) in [6.45, 7) is 1.59. The highest BCUT2D eigenvalue weighted by Gasteiger charge is 2.23. The molecule has 16 nitrogen and oxygen atoms in total. The summed E-state index contributed by atoms with van der Waals surface area (Å²) in [5, 5.41) is 30.0. The molecule has 0 unspecified atom stereocenters. The number of rotatable bonds is 9. The summed E-state index contributed by atoms with van der Waals surface area (Å²) in [6, 6.07) is 14.3. The molecule has 0 fully saturated rings. The number of aromatic hydroxyl groups is 1. The van der Waals surface area contributed by atoms with E-state index in [9.17, 15) is 44.0 Å². The predicted octanol–water partition coefficient (Wildman–Crippen LogP) is 6.63. The van der Waals surface area contributed by atoms with Crippen LogP contribution in [0.4, 0.5) is 28.4 Å². The Balaban J connectivity index is 1.59. The van der Waals surface area contributed by atoms with E-state index in [1.54, 1.807) is 26.1 Å². The Kier molecular flexibility index (Phi) is 8.95. The van der Waals surface area contributed by atoms with E-state index < -0.39 is 56.5 Å². The number of methoxy groups -OCH3 is 1. The number of aryl methyl sites for hydroxylation is 1. The van der Waals surface area contributed by atoms with Crippen molar-refractivity contribution in [1.82, 2.24) is 0 Å². The molecule has 0 spiro atoms. The van der Waals surface area contributed by atoms with Gasteiger partial charge in [-0.1, -0.05) is 12.1 Å². The van der Waals surface area contributed by atoms with Crippen LogP contribution in [0.25, 0.3) is 21.5 Å². The Labute approximate surface area is 273 Å². The van der Waals surface area contributed by atoms with Crippen LogP contribution in [0.2, 0.25) is 0 Å². The zero-order valence-corrected chi connectivity index (χ0v) is 27.5. The highest BCUT2D eigenvalue weighted by Crippen LogP contribution is 2.43. The molecule has 5 aromatic rings. The average molecular weight is 716 g/mol. The molecule has 0 aromatic heterocycles. The lowest BCUT2D eigenvalue weighted by Crippen LogP contribution is -2.03. The van der Waals surface area contributed by atoms with E-state index in [0.29, 0.717) is 16.6 Å². The van der Waals surface area contributed by atoms with Gasteiger partial charge in [-0.15, -0.1) is 10.2 Å². The van der Waals surface area contributed by atoms with E-state index in [2.05, 4.69) is 25.8 Å². The van der Waals surface area contributed by atoms with E-state index >= 15 is 0 Å². The summed E-state index contributed by atoms with van der Waals surface area (Å²) in [4.78, 5) is -1.98. The fourth-order valence-corrected chi connectivity index (χ4v) is 6.91. The van der Waals surface area contributed by atoms with Crippen molar-refractivity contribution in [2.24, 2.45) is 20.5 Å². The first kappa shape index (κ1) is 34.3. The third-order valence-corrected chi connectivity index (χ3v) is 9.78. The molecule has 0 aliphatic heterocycles. The molecule has 5 aromatic carbocycles. The van der Waals surface area contributed by atoms with E-state index in [-0.39, 0.29) is 39.0 Å². The number of azo groups is 2. The van der Waals surface area contributed by atoms with Crippen molar-refractivity contribution in [2.75, 3.05) is 19.5 Å². The van der Waals surface area contributed by atoms with Crippen LogP contribution in [0.1, 0.15) is 5.56 Å². The first-order chi connectivity index (χ1) is 22.4. The molecule has 0 atom stereocenters. The molecule has 19 heteroatoms. The minimum Gasteiger partial charge on any atom is -0.505 e. The minimum absolute atomic E-state index is 0.0523. The number of nitrogens with one attached hydrogen (secondary N) is 1. The number of benzene rings is 5. The van der Waals surface area contributed by atoms with Gasteiger partial charge in [0.1, 0.15) is 31.8 Å². The normalized spacial score (nSPS) is 12.8. The van der Waals surface area contributed by atoms with E-state index in [0.717, 1.165) is 24.3 Å². The van der Waals surface area contributed by atoms with Gasteiger partial charge in [0.15, 0.2) is 5.75 Å². The molecule has 0 saturated carbocycles. The largest absolute Gasteiger partial charge is 0.505 e. The molecule has 0 radical (unpaired) electrons. The molecular weight excluding hydrogens is 691 g/mol. The summed E-state index contributed by atoms with van der Waals surface area (Å²) in [6.07, 6.45) is 0. The van der Waals surface area contributed by atoms with Crippen LogP contribution in [0.5, 0.6) is 11.5 Å². The van der Waals surface area contributed by atoms with Crippen molar-refractivity contribution >= 4 is 80.3 Å². The lowest BCUT2D eigenvalue weighted by molar-refractivity contribution is 0.416. The van der Waals surface area contributed by atoms with Crippen LogP contribution in [-0.4, -0.2) is 58.2 Å². The highest BCUT2D eigenvalue weighted by molar-refractivity contribution is 7.86. The van der Waals surface area contributed by atoms with E-state index in [1.807, 2.05) is 0 Å². The van der Waals surface area contributed by atoms with Crippen LogP contribution in [0.3, 0.4) is 0 Å². The molecule has 0 bridgehead atoms. The number of phenolic OH excluding ortho intramolecular Hbond substituents is 1. The number of hydrogen-bond acceptors (Lipinski definition) is 13. The molecule has 0 aliphatic rings. The van der Waals surface area contributed by atoms with Gasteiger partial charge in [-0.3, -0.25) is 13.7 Å². The summed E-state index contributed by atoms with van der Waals surface area (Å²) in [7, 11) is -11.6. The van der Waals surface area contributed by atoms with Gasteiger partial charge in [-0.05, 0) is 66.4 Å². The fourth-order valence-electron chi connectivity index (χ4n) is 4.83. The van der Waals surface area contributed by atoms with Crippen molar-refractivity contribution in [3.8, 4) is 11.5 Å². The van der Waals surface area contributed by atoms with Gasteiger partial charge in [-0.25, -0.2) is 0 Å². The van der Waals surface area contributed by atoms with Crippen LogP contribution in [0, 0.1) is 6.92 Å². The number of fused-ring (bicyclic) bond motifs is 2. The third-order valence-electron chi connectivity index (χ3n) is 7.10. The predicted molar refractivity (Wildman–Crippen MR) is 175 cm³/mol. The Morgan fingerprint density at radius 2 is 1.33 bits per heavy atom. The van der Waals surface area contributed by atoms with Crippen LogP contribution in [-0.2, 0) is 30.4 Å². The standard InChI is InChI=1S/C29H25N5O11S3/c1-15-9-23(33-34-28-27(48(42,43)44)11-16-10-17(30-2)7-8-19(16)29(28)35)24(45-3)14-22(15)32-31-18-12-21-20(26(13-18)47(39,40)41)5-4-6-25(21)46(36,37)38/h4-14,30,35H,1-3H3,(H,36,37,38)(H,39,40,41)(H,42,43,44)/b32-31?,34-33-. The Morgan fingerprint density at radius 3 is 1.96 bits per heavy atom. The quantitative estimate of drug-likeness (QED) is 0.0796. The first-order valence-corrected chi connectivity index (χ1v) is 17.7. The third kappa shape index (κ3) is 6.81. The van der Waals surface area contributed by atoms with Crippen molar-refractivity contribution in [2.45, 2.75) is 21.6 Å². The van der Waals surface area contributed by atoms with Crippen LogP contribution < -0.4 is 10.1 Å². The van der Waals surface area contributed by atoms with Crippen molar-refractivity contribution < 1.29 is 48.8 Å². The van der Waals surface area contributed by atoms with Crippen molar-refractivity contribution in [3.63, 3.8) is 0 Å². The monoisotopic (exact) mass is 715 g/mol. The van der Waals surface area contributed by atoms with Crippen LogP contribution in [0.15, 0.2) is 102 Å². The van der Waals surface area contributed by atoms with Gasteiger partial charge >= 0.3 is 0 Å². The Morgan fingerprint density at radius 1 is 0.667 bits per heavy atom. The van der Waals surface area contributed by atoms with Gasteiger partial charge in [0.2, 0.25) is 0 Å². The van der Waals surface area contributed by atoms with E-state index in [1.165, 1.54) is 37.4 Å². The van der Waals surface area contributed by atoms with Gasteiger partial charge in [0, 0.05) is 35.0 Å². The van der Waals surface area contributed by atoms with Crippen molar-refractivity contribution in [3.05, 3.63) is 72.3 Å². The maximum absolute atomic E-state index is 12.2. The zero-order chi connectivity index (χ0) is 35.2. The summed E-state index contributed by atoms with van der Waals surface area (Å²) < 4.78 is 107. The van der Waals surface area contributed by atoms with Gasteiger partial charge in [0.25, 0.3) is 30.4 Å². The van der Waals surface area contributed by atoms with Crippen molar-refractivity contribution in [1.29, 1.82) is 0 Å². The SMILES string of the molecule is CNc1ccc2c(O)c(/N=N\c3cc(C)c(N=Nc4cc(S(=O)(=O)O)c5cccc(S(=O)(=O)O)c5c4)cc3OC)c(S(=O)(=O)O)cc2c1. The molecule has 5 rings (SSSR count). The minimum atomic E-state index is -4.88. The first-order valence-electron chi connectivity index (χ1n) is 13.4. The van der Waals surface area contributed by atoms with Crippen LogP contribution >= 0.6 is 0 Å². The highest BCUT2D eigenvalue weighted by atomic mass is 32.2. The molecule has 0 amide bonds. The molecule has 0 heterocycles. The molecular formula is C29H25N5O11S3. The fraction of sp³-hybridized carbons (Fsp3) is 0.103. The maximum atomic E-state index is 12.2. The van der Waals surface area contributed by atoms with Gasteiger partial charge < -0.3 is 15.2 Å². The summed E-state index contributed by atoms with van der Waals surface area (Å²) in [5.41, 5.74) is 0.519.